The number of rotatable bonds is 7. The predicted octanol–water partition coefficient (Wildman–Crippen LogP) is 4.83. The van der Waals surface area contributed by atoms with Crippen LogP contribution < -0.4 is 0 Å². The normalized spacial score (nSPS) is 11.6. The van der Waals surface area contributed by atoms with Gasteiger partial charge in [-0.3, -0.25) is 4.79 Å². The lowest BCUT2D eigenvalue weighted by molar-refractivity contribution is -0.141. The first-order valence-electron chi connectivity index (χ1n) is 9.17. The van der Waals surface area contributed by atoms with E-state index >= 15 is 0 Å². The van der Waals surface area contributed by atoms with E-state index in [0.717, 1.165) is 16.0 Å². The molecule has 0 N–H and O–H groups in total. The zero-order chi connectivity index (χ0) is 19.9. The molecule has 0 saturated heterocycles. The summed E-state index contributed by atoms with van der Waals surface area (Å²) in [6.07, 6.45) is -0.859. The summed E-state index contributed by atoms with van der Waals surface area (Å²) in [5.74, 6) is -0.673. The van der Waals surface area contributed by atoms with Gasteiger partial charge in [0.15, 0.2) is 6.10 Å². The summed E-state index contributed by atoms with van der Waals surface area (Å²) >= 11 is 1.36. The SMILES string of the molecule is Cc1ccc(C(=O)OC(C)C(=O)N(Cc2ccccc2)Cc2ccccc2)s1. The summed E-state index contributed by atoms with van der Waals surface area (Å²) in [6.45, 7) is 4.46. The van der Waals surface area contributed by atoms with Gasteiger partial charge >= 0.3 is 5.97 Å². The van der Waals surface area contributed by atoms with Gasteiger partial charge in [-0.05, 0) is 37.1 Å². The maximum absolute atomic E-state index is 13.1. The van der Waals surface area contributed by atoms with Crippen molar-refractivity contribution in [2.45, 2.75) is 33.0 Å². The Morgan fingerprint density at radius 3 is 1.89 bits per heavy atom. The second-order valence-electron chi connectivity index (χ2n) is 6.62. The van der Waals surface area contributed by atoms with Gasteiger partial charge in [-0.25, -0.2) is 4.79 Å². The van der Waals surface area contributed by atoms with Crippen molar-refractivity contribution in [3.05, 3.63) is 93.7 Å². The molecule has 1 amide bonds. The molecule has 0 aliphatic carbocycles. The van der Waals surface area contributed by atoms with Crippen molar-refractivity contribution < 1.29 is 14.3 Å². The van der Waals surface area contributed by atoms with Gasteiger partial charge in [0.2, 0.25) is 0 Å². The van der Waals surface area contributed by atoms with Gasteiger partial charge in [-0.1, -0.05) is 60.7 Å². The molecule has 0 bridgehead atoms. The van der Waals surface area contributed by atoms with Crippen LogP contribution in [0.4, 0.5) is 0 Å². The topological polar surface area (TPSA) is 46.6 Å². The summed E-state index contributed by atoms with van der Waals surface area (Å²) in [7, 11) is 0. The molecule has 0 saturated carbocycles. The highest BCUT2D eigenvalue weighted by atomic mass is 32.1. The van der Waals surface area contributed by atoms with Gasteiger partial charge in [0.1, 0.15) is 4.88 Å². The van der Waals surface area contributed by atoms with Gasteiger partial charge < -0.3 is 9.64 Å². The number of nitrogens with zero attached hydrogens (tertiary/aromatic N) is 1. The first-order valence-corrected chi connectivity index (χ1v) is 9.98. The van der Waals surface area contributed by atoms with Gasteiger partial charge in [-0.2, -0.15) is 0 Å². The fourth-order valence-corrected chi connectivity index (χ4v) is 3.64. The minimum absolute atomic E-state index is 0.214. The monoisotopic (exact) mass is 393 g/mol. The lowest BCUT2D eigenvalue weighted by atomic mass is 10.1. The molecule has 0 spiro atoms. The Kier molecular flexibility index (Phi) is 6.61. The van der Waals surface area contributed by atoms with E-state index < -0.39 is 12.1 Å². The Morgan fingerprint density at radius 1 is 0.893 bits per heavy atom. The smallest absolute Gasteiger partial charge is 0.349 e. The summed E-state index contributed by atoms with van der Waals surface area (Å²) in [5, 5.41) is 0. The molecule has 1 heterocycles. The van der Waals surface area contributed by atoms with Gasteiger partial charge in [0.05, 0.1) is 0 Å². The highest BCUT2D eigenvalue weighted by molar-refractivity contribution is 7.13. The number of amides is 1. The van der Waals surface area contributed by atoms with Crippen LogP contribution in [0.5, 0.6) is 0 Å². The number of aryl methyl sites for hydroxylation is 1. The quantitative estimate of drug-likeness (QED) is 0.540. The second kappa shape index (κ2) is 9.33. The fourth-order valence-electron chi connectivity index (χ4n) is 2.89. The highest BCUT2D eigenvalue weighted by Crippen LogP contribution is 2.18. The Morgan fingerprint density at radius 2 is 1.43 bits per heavy atom. The van der Waals surface area contributed by atoms with Crippen LogP contribution in [0.3, 0.4) is 0 Å². The van der Waals surface area contributed by atoms with Crippen LogP contribution in [0.15, 0.2) is 72.8 Å². The van der Waals surface area contributed by atoms with Crippen molar-refractivity contribution in [3.8, 4) is 0 Å². The third kappa shape index (κ3) is 5.30. The van der Waals surface area contributed by atoms with Crippen LogP contribution in [-0.4, -0.2) is 22.9 Å². The van der Waals surface area contributed by atoms with Crippen LogP contribution >= 0.6 is 11.3 Å². The summed E-state index contributed by atoms with van der Waals surface area (Å²) in [6, 6.07) is 23.2. The largest absolute Gasteiger partial charge is 0.448 e. The third-order valence-electron chi connectivity index (χ3n) is 4.32. The Balaban J connectivity index is 1.73. The summed E-state index contributed by atoms with van der Waals surface area (Å²) < 4.78 is 5.45. The molecule has 28 heavy (non-hydrogen) atoms. The third-order valence-corrected chi connectivity index (χ3v) is 5.30. The molecule has 1 unspecified atom stereocenters. The van der Waals surface area contributed by atoms with Crippen LogP contribution in [0.1, 0.15) is 32.6 Å². The first kappa shape index (κ1) is 19.8. The molecule has 0 aliphatic rings. The molecule has 5 heteroatoms. The van der Waals surface area contributed by atoms with E-state index in [1.807, 2.05) is 73.7 Å². The molecule has 3 aromatic rings. The molecular weight excluding hydrogens is 370 g/mol. The summed E-state index contributed by atoms with van der Waals surface area (Å²) in [4.78, 5) is 28.7. The average molecular weight is 394 g/mol. The minimum Gasteiger partial charge on any atom is -0.448 e. The lowest BCUT2D eigenvalue weighted by Gasteiger charge is -2.26. The standard InChI is InChI=1S/C23H23NO3S/c1-17-13-14-21(28-17)23(26)27-18(2)22(25)24(15-19-9-5-3-6-10-19)16-20-11-7-4-8-12-20/h3-14,18H,15-16H2,1-2H3. The van der Waals surface area contributed by atoms with E-state index in [4.69, 9.17) is 4.74 Å². The van der Waals surface area contributed by atoms with Gasteiger partial charge in [0, 0.05) is 18.0 Å². The minimum atomic E-state index is -0.859. The van der Waals surface area contributed by atoms with E-state index in [1.165, 1.54) is 11.3 Å². The number of ether oxygens (including phenoxy) is 1. The number of esters is 1. The Labute approximate surface area is 169 Å². The van der Waals surface area contributed by atoms with E-state index in [-0.39, 0.29) is 5.91 Å². The predicted molar refractivity (Wildman–Crippen MR) is 111 cm³/mol. The molecular formula is C23H23NO3S. The van der Waals surface area contributed by atoms with Crippen molar-refractivity contribution in [2.75, 3.05) is 0 Å². The number of benzene rings is 2. The fraction of sp³-hybridized carbons (Fsp3) is 0.217. The van der Waals surface area contributed by atoms with Crippen molar-refractivity contribution >= 4 is 23.2 Å². The van der Waals surface area contributed by atoms with Crippen LogP contribution in [0.25, 0.3) is 0 Å². The number of hydrogen-bond donors (Lipinski definition) is 0. The van der Waals surface area contributed by atoms with E-state index in [0.29, 0.717) is 18.0 Å². The Hall–Kier alpha value is -2.92. The molecule has 3 rings (SSSR count). The highest BCUT2D eigenvalue weighted by Gasteiger charge is 2.25. The van der Waals surface area contributed by atoms with E-state index in [1.54, 1.807) is 17.9 Å². The van der Waals surface area contributed by atoms with Crippen LogP contribution in [0.2, 0.25) is 0 Å². The summed E-state index contributed by atoms with van der Waals surface area (Å²) in [5.41, 5.74) is 2.05. The van der Waals surface area contributed by atoms with Crippen LogP contribution in [0, 0.1) is 6.92 Å². The van der Waals surface area contributed by atoms with E-state index in [2.05, 4.69) is 0 Å². The van der Waals surface area contributed by atoms with Crippen LogP contribution in [-0.2, 0) is 22.6 Å². The van der Waals surface area contributed by atoms with Crippen molar-refractivity contribution in [1.82, 2.24) is 4.90 Å². The zero-order valence-electron chi connectivity index (χ0n) is 16.0. The molecule has 1 atom stereocenters. The zero-order valence-corrected chi connectivity index (χ0v) is 16.8. The van der Waals surface area contributed by atoms with Gasteiger partial charge in [-0.15, -0.1) is 11.3 Å². The second-order valence-corrected chi connectivity index (χ2v) is 7.91. The molecule has 0 radical (unpaired) electrons. The molecule has 1 aromatic heterocycles. The number of thiophene rings is 1. The first-order chi connectivity index (χ1) is 13.5. The maximum atomic E-state index is 13.1. The average Bonchev–Trinajstić information content (AvgIpc) is 3.15. The number of carbonyl (C=O) groups excluding carboxylic acids is 2. The number of hydrogen-bond acceptors (Lipinski definition) is 4. The number of carbonyl (C=O) groups is 2. The van der Waals surface area contributed by atoms with Crippen molar-refractivity contribution in [2.24, 2.45) is 0 Å². The van der Waals surface area contributed by atoms with Crippen molar-refractivity contribution in [3.63, 3.8) is 0 Å². The molecule has 0 fully saturated rings. The van der Waals surface area contributed by atoms with Gasteiger partial charge in [0.25, 0.3) is 5.91 Å². The molecule has 4 nitrogen and oxygen atoms in total. The maximum Gasteiger partial charge on any atom is 0.349 e. The van der Waals surface area contributed by atoms with E-state index in [9.17, 15) is 9.59 Å². The molecule has 144 valence electrons. The molecule has 2 aromatic carbocycles. The Bertz CT molecular complexity index is 880. The van der Waals surface area contributed by atoms with Crippen molar-refractivity contribution in [1.29, 1.82) is 0 Å². The molecule has 0 aliphatic heterocycles. The lowest BCUT2D eigenvalue weighted by Crippen LogP contribution is -2.39.